The van der Waals surface area contributed by atoms with Gasteiger partial charge in [-0.2, -0.15) is 0 Å². The van der Waals surface area contributed by atoms with Crippen LogP contribution in [0.4, 0.5) is 0 Å². The molecule has 0 aromatic heterocycles. The summed E-state index contributed by atoms with van der Waals surface area (Å²) in [7, 11) is 0. The van der Waals surface area contributed by atoms with E-state index in [1.807, 2.05) is 0 Å². The molecule has 1 aliphatic heterocycles. The number of rotatable bonds is 5. The van der Waals surface area contributed by atoms with Gasteiger partial charge in [-0.1, -0.05) is 6.92 Å². The fourth-order valence-corrected chi connectivity index (χ4v) is 2.06. The van der Waals surface area contributed by atoms with Gasteiger partial charge in [0.1, 0.15) is 0 Å². The van der Waals surface area contributed by atoms with Crippen LogP contribution >= 0.6 is 0 Å². The fraction of sp³-hybridized carbons (Fsp3) is 1.00. The predicted molar refractivity (Wildman–Crippen MR) is 59.4 cm³/mol. The molecule has 84 valence electrons. The Morgan fingerprint density at radius 3 is 2.64 bits per heavy atom. The molecular weight excluding hydrogens is 176 g/mol. The van der Waals surface area contributed by atoms with Crippen molar-refractivity contribution in [3.8, 4) is 0 Å². The number of nitrogens with zero attached hydrogens (tertiary/aromatic N) is 1. The van der Waals surface area contributed by atoms with Crippen LogP contribution in [-0.4, -0.2) is 42.8 Å². The van der Waals surface area contributed by atoms with E-state index in [-0.39, 0.29) is 5.60 Å². The Kier molecular flexibility index (Phi) is 4.35. The van der Waals surface area contributed by atoms with Crippen LogP contribution in [0.3, 0.4) is 0 Å². The Bertz CT molecular complexity index is 171. The molecule has 0 saturated carbocycles. The number of ether oxygens (including phenoxy) is 1. The van der Waals surface area contributed by atoms with Gasteiger partial charge in [-0.05, 0) is 33.2 Å². The molecule has 2 N–H and O–H groups in total. The number of hydrogen-bond acceptors (Lipinski definition) is 3. The van der Waals surface area contributed by atoms with Crippen molar-refractivity contribution in [3.05, 3.63) is 0 Å². The molecule has 1 unspecified atom stereocenters. The van der Waals surface area contributed by atoms with E-state index in [4.69, 9.17) is 10.5 Å². The summed E-state index contributed by atoms with van der Waals surface area (Å²) in [6, 6.07) is 0. The van der Waals surface area contributed by atoms with Gasteiger partial charge in [-0.3, -0.25) is 4.90 Å². The summed E-state index contributed by atoms with van der Waals surface area (Å²) in [5.41, 5.74) is 5.64. The maximum atomic E-state index is 5.94. The van der Waals surface area contributed by atoms with E-state index in [9.17, 15) is 0 Å². The summed E-state index contributed by atoms with van der Waals surface area (Å²) in [4.78, 5) is 2.37. The van der Waals surface area contributed by atoms with Crippen molar-refractivity contribution in [3.63, 3.8) is 0 Å². The zero-order chi connectivity index (χ0) is 10.6. The highest BCUT2D eigenvalue weighted by Gasteiger charge is 2.32. The highest BCUT2D eigenvalue weighted by atomic mass is 16.5. The van der Waals surface area contributed by atoms with Gasteiger partial charge in [-0.25, -0.2) is 0 Å². The first-order chi connectivity index (χ1) is 6.57. The lowest BCUT2D eigenvalue weighted by molar-refractivity contribution is -0.0278. The minimum absolute atomic E-state index is 0.0901. The Morgan fingerprint density at radius 1 is 1.50 bits per heavy atom. The first-order valence-electron chi connectivity index (χ1n) is 5.67. The van der Waals surface area contributed by atoms with E-state index in [1.54, 1.807) is 0 Å². The van der Waals surface area contributed by atoms with E-state index in [0.29, 0.717) is 6.10 Å². The van der Waals surface area contributed by atoms with Crippen molar-refractivity contribution in [1.29, 1.82) is 0 Å². The maximum absolute atomic E-state index is 5.94. The van der Waals surface area contributed by atoms with Crippen LogP contribution in [-0.2, 0) is 4.74 Å². The summed E-state index contributed by atoms with van der Waals surface area (Å²) in [5.74, 6) is 0. The van der Waals surface area contributed by atoms with Crippen LogP contribution in [0.1, 0.15) is 33.6 Å². The highest BCUT2D eigenvalue weighted by molar-refractivity contribution is 4.82. The molecule has 0 amide bonds. The quantitative estimate of drug-likeness (QED) is 0.725. The SMILES string of the molecule is CCN(CCN)CC1CCC(C)(C)O1. The molecule has 1 fully saturated rings. The molecule has 3 heteroatoms. The van der Waals surface area contributed by atoms with Crippen molar-refractivity contribution in [2.75, 3.05) is 26.2 Å². The van der Waals surface area contributed by atoms with Crippen molar-refractivity contribution >= 4 is 0 Å². The van der Waals surface area contributed by atoms with Crippen LogP contribution in [0.5, 0.6) is 0 Å². The standard InChI is InChI=1S/C11H24N2O/c1-4-13(8-7-12)9-10-5-6-11(2,3)14-10/h10H,4-9,12H2,1-3H3. The van der Waals surface area contributed by atoms with E-state index >= 15 is 0 Å². The van der Waals surface area contributed by atoms with Gasteiger partial charge in [0, 0.05) is 19.6 Å². The second kappa shape index (κ2) is 5.10. The Morgan fingerprint density at radius 2 is 2.21 bits per heavy atom. The Hall–Kier alpha value is -0.120. The van der Waals surface area contributed by atoms with Gasteiger partial charge in [0.25, 0.3) is 0 Å². The summed E-state index contributed by atoms with van der Waals surface area (Å²) in [5, 5.41) is 0. The van der Waals surface area contributed by atoms with Crippen LogP contribution in [0, 0.1) is 0 Å². The first-order valence-corrected chi connectivity index (χ1v) is 5.67. The van der Waals surface area contributed by atoms with Crippen LogP contribution < -0.4 is 5.73 Å². The van der Waals surface area contributed by atoms with Crippen LogP contribution in [0.25, 0.3) is 0 Å². The van der Waals surface area contributed by atoms with Crippen LogP contribution in [0.2, 0.25) is 0 Å². The molecule has 0 aliphatic carbocycles. The molecule has 0 spiro atoms. The normalized spacial score (nSPS) is 25.9. The number of hydrogen-bond donors (Lipinski definition) is 1. The molecular formula is C11H24N2O. The largest absolute Gasteiger partial charge is 0.371 e. The molecule has 14 heavy (non-hydrogen) atoms. The average Bonchev–Trinajstić information content (AvgIpc) is 2.45. The van der Waals surface area contributed by atoms with Gasteiger partial charge in [0.15, 0.2) is 0 Å². The molecule has 1 rings (SSSR count). The topological polar surface area (TPSA) is 38.5 Å². The Balaban J connectivity index is 2.30. The zero-order valence-electron chi connectivity index (χ0n) is 9.75. The van der Waals surface area contributed by atoms with Crippen molar-refractivity contribution in [2.24, 2.45) is 5.73 Å². The van der Waals surface area contributed by atoms with E-state index in [2.05, 4.69) is 25.7 Å². The lowest BCUT2D eigenvalue weighted by Crippen LogP contribution is -2.36. The summed E-state index contributed by atoms with van der Waals surface area (Å²) in [6.07, 6.45) is 2.78. The minimum atomic E-state index is 0.0901. The smallest absolute Gasteiger partial charge is 0.0710 e. The third-order valence-electron chi connectivity index (χ3n) is 2.91. The van der Waals surface area contributed by atoms with E-state index in [1.165, 1.54) is 12.8 Å². The molecule has 1 saturated heterocycles. The van der Waals surface area contributed by atoms with E-state index < -0.39 is 0 Å². The first kappa shape index (κ1) is 12.0. The molecule has 1 atom stereocenters. The molecule has 0 radical (unpaired) electrons. The summed E-state index contributed by atoms with van der Waals surface area (Å²) < 4.78 is 5.94. The second-order valence-corrected chi connectivity index (χ2v) is 4.72. The van der Waals surface area contributed by atoms with Crippen molar-refractivity contribution in [2.45, 2.75) is 45.3 Å². The third-order valence-corrected chi connectivity index (χ3v) is 2.91. The molecule has 0 bridgehead atoms. The fourth-order valence-electron chi connectivity index (χ4n) is 2.06. The maximum Gasteiger partial charge on any atom is 0.0710 e. The lowest BCUT2D eigenvalue weighted by Gasteiger charge is -2.25. The predicted octanol–water partition coefficient (Wildman–Crippen LogP) is 1.22. The minimum Gasteiger partial charge on any atom is -0.371 e. The van der Waals surface area contributed by atoms with Gasteiger partial charge in [0.05, 0.1) is 11.7 Å². The Labute approximate surface area is 87.6 Å². The summed E-state index contributed by atoms with van der Waals surface area (Å²) in [6.45, 7) is 10.4. The number of likely N-dealkylation sites (N-methyl/N-ethyl adjacent to an activating group) is 1. The average molecular weight is 200 g/mol. The molecule has 1 heterocycles. The highest BCUT2D eigenvalue weighted by Crippen LogP contribution is 2.29. The van der Waals surface area contributed by atoms with E-state index in [0.717, 1.165) is 26.2 Å². The van der Waals surface area contributed by atoms with Crippen LogP contribution in [0.15, 0.2) is 0 Å². The zero-order valence-corrected chi connectivity index (χ0v) is 9.75. The van der Waals surface area contributed by atoms with Gasteiger partial charge in [0.2, 0.25) is 0 Å². The third kappa shape index (κ3) is 3.56. The number of nitrogens with two attached hydrogens (primary N) is 1. The van der Waals surface area contributed by atoms with Gasteiger partial charge in [-0.15, -0.1) is 0 Å². The summed E-state index contributed by atoms with van der Waals surface area (Å²) >= 11 is 0. The molecule has 0 aromatic rings. The van der Waals surface area contributed by atoms with Gasteiger partial charge >= 0.3 is 0 Å². The second-order valence-electron chi connectivity index (χ2n) is 4.72. The molecule has 0 aromatic carbocycles. The molecule has 3 nitrogen and oxygen atoms in total. The monoisotopic (exact) mass is 200 g/mol. The van der Waals surface area contributed by atoms with Crippen molar-refractivity contribution < 1.29 is 4.74 Å². The molecule has 1 aliphatic rings. The van der Waals surface area contributed by atoms with Crippen molar-refractivity contribution in [1.82, 2.24) is 4.90 Å². The van der Waals surface area contributed by atoms with Gasteiger partial charge < -0.3 is 10.5 Å². The lowest BCUT2D eigenvalue weighted by atomic mass is 10.1.